The minimum atomic E-state index is -0.807. The molecule has 0 aliphatic carbocycles. The molecule has 0 amide bonds. The minimum absolute atomic E-state index is 0.235. The molecule has 1 saturated heterocycles. The van der Waals surface area contributed by atoms with Gasteiger partial charge in [0.05, 0.1) is 5.60 Å². The molecule has 1 atom stereocenters. The van der Waals surface area contributed by atoms with Crippen LogP contribution in [0.3, 0.4) is 0 Å². The van der Waals surface area contributed by atoms with Crippen molar-refractivity contribution in [2.24, 2.45) is 0 Å². The molecule has 0 spiro atoms. The Morgan fingerprint density at radius 2 is 2.06 bits per heavy atom. The van der Waals surface area contributed by atoms with E-state index in [9.17, 15) is 9.50 Å². The van der Waals surface area contributed by atoms with Crippen LogP contribution in [0.25, 0.3) is 0 Å². The van der Waals surface area contributed by atoms with Gasteiger partial charge in [0.1, 0.15) is 5.82 Å². The minimum Gasteiger partial charge on any atom is -0.389 e. The molecule has 1 N–H and O–H groups in total. The van der Waals surface area contributed by atoms with Gasteiger partial charge in [-0.05, 0) is 30.9 Å². The van der Waals surface area contributed by atoms with Crippen molar-refractivity contribution >= 4 is 0 Å². The molecule has 1 fully saturated rings. The number of ether oxygens (including phenoxy) is 1. The third-order valence-electron chi connectivity index (χ3n) is 3.12. The molecule has 2 rings (SSSR count). The van der Waals surface area contributed by atoms with Crippen LogP contribution in [0.1, 0.15) is 24.8 Å². The summed E-state index contributed by atoms with van der Waals surface area (Å²) in [6.45, 7) is 1.25. The predicted octanol–water partition coefficient (Wildman–Crippen LogP) is 2.30. The Bertz CT molecular complexity index is 344. The standard InChI is InChI=1S/C13H17FO2/c14-12-5-2-1-4-11(12)10-13(15)6-3-8-16-9-7-13/h1-2,4-5,15H,3,6-10H2. The zero-order valence-electron chi connectivity index (χ0n) is 9.29. The van der Waals surface area contributed by atoms with Crippen molar-refractivity contribution in [2.45, 2.75) is 31.3 Å². The van der Waals surface area contributed by atoms with Crippen LogP contribution in [0.15, 0.2) is 24.3 Å². The van der Waals surface area contributed by atoms with Crippen molar-refractivity contribution in [3.63, 3.8) is 0 Å². The summed E-state index contributed by atoms with van der Waals surface area (Å²) in [4.78, 5) is 0. The van der Waals surface area contributed by atoms with Gasteiger partial charge in [-0.1, -0.05) is 18.2 Å². The molecule has 1 aliphatic heterocycles. The maximum absolute atomic E-state index is 13.5. The van der Waals surface area contributed by atoms with Crippen LogP contribution < -0.4 is 0 Å². The van der Waals surface area contributed by atoms with E-state index in [-0.39, 0.29) is 5.82 Å². The number of hydrogen-bond donors (Lipinski definition) is 1. The van der Waals surface area contributed by atoms with E-state index in [2.05, 4.69) is 0 Å². The normalized spacial score (nSPS) is 26.4. The maximum Gasteiger partial charge on any atom is 0.126 e. The summed E-state index contributed by atoms with van der Waals surface area (Å²) < 4.78 is 18.8. The van der Waals surface area contributed by atoms with Crippen LogP contribution in [0, 0.1) is 5.82 Å². The van der Waals surface area contributed by atoms with E-state index in [4.69, 9.17) is 4.74 Å². The lowest BCUT2D eigenvalue weighted by molar-refractivity contribution is 0.0181. The topological polar surface area (TPSA) is 29.5 Å². The molecule has 0 aromatic heterocycles. The Labute approximate surface area is 95.1 Å². The molecule has 0 bridgehead atoms. The fourth-order valence-electron chi connectivity index (χ4n) is 2.17. The van der Waals surface area contributed by atoms with E-state index in [0.29, 0.717) is 38.0 Å². The van der Waals surface area contributed by atoms with Gasteiger partial charge in [0.2, 0.25) is 0 Å². The van der Waals surface area contributed by atoms with E-state index >= 15 is 0 Å². The summed E-state index contributed by atoms with van der Waals surface area (Å²) in [7, 11) is 0. The van der Waals surface area contributed by atoms with Crippen LogP contribution >= 0.6 is 0 Å². The van der Waals surface area contributed by atoms with Crippen LogP contribution in [-0.4, -0.2) is 23.9 Å². The van der Waals surface area contributed by atoms with Crippen molar-refractivity contribution in [1.82, 2.24) is 0 Å². The zero-order valence-corrected chi connectivity index (χ0v) is 9.29. The number of rotatable bonds is 2. The fraction of sp³-hybridized carbons (Fsp3) is 0.538. The summed E-state index contributed by atoms with van der Waals surface area (Å²) in [6, 6.07) is 6.64. The zero-order chi connectivity index (χ0) is 11.4. The Morgan fingerprint density at radius 1 is 1.25 bits per heavy atom. The smallest absolute Gasteiger partial charge is 0.126 e. The average molecular weight is 224 g/mol. The van der Waals surface area contributed by atoms with Gasteiger partial charge < -0.3 is 9.84 Å². The third-order valence-corrected chi connectivity index (χ3v) is 3.12. The Balaban J connectivity index is 2.10. The summed E-state index contributed by atoms with van der Waals surface area (Å²) in [6.07, 6.45) is 2.48. The first-order chi connectivity index (χ1) is 7.70. The van der Waals surface area contributed by atoms with Crippen LogP contribution in [-0.2, 0) is 11.2 Å². The first-order valence-electron chi connectivity index (χ1n) is 5.73. The first-order valence-corrected chi connectivity index (χ1v) is 5.73. The number of halogens is 1. The molecule has 1 heterocycles. The Hall–Kier alpha value is -0.930. The van der Waals surface area contributed by atoms with Gasteiger partial charge >= 0.3 is 0 Å². The summed E-state index contributed by atoms with van der Waals surface area (Å²) >= 11 is 0. The van der Waals surface area contributed by atoms with E-state index in [1.54, 1.807) is 18.2 Å². The number of aliphatic hydroxyl groups is 1. The third kappa shape index (κ3) is 2.80. The maximum atomic E-state index is 13.5. The SMILES string of the molecule is OC1(Cc2ccccc2F)CCCOCC1. The van der Waals surface area contributed by atoms with Gasteiger partial charge in [0.15, 0.2) is 0 Å². The Kier molecular flexibility index (Phi) is 3.56. The van der Waals surface area contributed by atoms with E-state index in [1.807, 2.05) is 0 Å². The van der Waals surface area contributed by atoms with Crippen LogP contribution in [0.2, 0.25) is 0 Å². The highest BCUT2D eigenvalue weighted by molar-refractivity contribution is 5.19. The van der Waals surface area contributed by atoms with E-state index in [1.165, 1.54) is 6.07 Å². The van der Waals surface area contributed by atoms with Crippen molar-refractivity contribution in [1.29, 1.82) is 0 Å². The molecule has 0 radical (unpaired) electrons. The van der Waals surface area contributed by atoms with Crippen molar-refractivity contribution in [2.75, 3.05) is 13.2 Å². The van der Waals surface area contributed by atoms with Gasteiger partial charge in [-0.2, -0.15) is 0 Å². The lowest BCUT2D eigenvalue weighted by Crippen LogP contribution is -2.32. The molecule has 3 heteroatoms. The highest BCUT2D eigenvalue weighted by Gasteiger charge is 2.29. The monoisotopic (exact) mass is 224 g/mol. The van der Waals surface area contributed by atoms with Crippen molar-refractivity contribution < 1.29 is 14.2 Å². The van der Waals surface area contributed by atoms with Gasteiger partial charge in [0, 0.05) is 19.6 Å². The second kappa shape index (κ2) is 4.93. The summed E-state index contributed by atoms with van der Waals surface area (Å²) in [5.74, 6) is -0.235. The summed E-state index contributed by atoms with van der Waals surface area (Å²) in [5.41, 5.74) is -0.217. The second-order valence-corrected chi connectivity index (χ2v) is 4.46. The number of hydrogen-bond acceptors (Lipinski definition) is 2. The highest BCUT2D eigenvalue weighted by atomic mass is 19.1. The molecule has 88 valence electrons. The van der Waals surface area contributed by atoms with E-state index in [0.717, 1.165) is 6.42 Å². The molecule has 1 aromatic rings. The predicted molar refractivity (Wildman–Crippen MR) is 59.7 cm³/mol. The lowest BCUT2D eigenvalue weighted by Gasteiger charge is -2.26. The first kappa shape index (κ1) is 11.6. The van der Waals surface area contributed by atoms with Crippen LogP contribution in [0.5, 0.6) is 0 Å². The fourth-order valence-corrected chi connectivity index (χ4v) is 2.17. The van der Waals surface area contributed by atoms with Crippen molar-refractivity contribution in [3.05, 3.63) is 35.6 Å². The van der Waals surface area contributed by atoms with Gasteiger partial charge in [-0.15, -0.1) is 0 Å². The number of benzene rings is 1. The van der Waals surface area contributed by atoms with E-state index < -0.39 is 5.60 Å². The highest BCUT2D eigenvalue weighted by Crippen LogP contribution is 2.26. The Morgan fingerprint density at radius 3 is 2.88 bits per heavy atom. The largest absolute Gasteiger partial charge is 0.389 e. The average Bonchev–Trinajstić information content (AvgIpc) is 2.47. The molecule has 16 heavy (non-hydrogen) atoms. The van der Waals surface area contributed by atoms with Gasteiger partial charge in [-0.3, -0.25) is 0 Å². The molecule has 1 aliphatic rings. The van der Waals surface area contributed by atoms with Gasteiger partial charge in [0.25, 0.3) is 0 Å². The molecule has 1 unspecified atom stereocenters. The molecular formula is C13H17FO2. The second-order valence-electron chi connectivity index (χ2n) is 4.46. The summed E-state index contributed by atoms with van der Waals surface area (Å²) in [5, 5.41) is 10.4. The van der Waals surface area contributed by atoms with Crippen LogP contribution in [0.4, 0.5) is 4.39 Å². The quantitative estimate of drug-likeness (QED) is 0.835. The lowest BCUT2D eigenvalue weighted by atomic mass is 9.87. The molecular weight excluding hydrogens is 207 g/mol. The van der Waals surface area contributed by atoms with Gasteiger partial charge in [-0.25, -0.2) is 4.39 Å². The molecule has 1 aromatic carbocycles. The molecule has 2 nitrogen and oxygen atoms in total. The molecule has 0 saturated carbocycles. The van der Waals surface area contributed by atoms with Crippen molar-refractivity contribution in [3.8, 4) is 0 Å².